The Kier molecular flexibility index (Phi) is 7.59. The molecule has 4 rings (SSSR count). The van der Waals surface area contributed by atoms with E-state index in [1.54, 1.807) is 43.3 Å². The predicted molar refractivity (Wildman–Crippen MR) is 136 cm³/mol. The van der Waals surface area contributed by atoms with Crippen LogP contribution >= 0.6 is 0 Å². The maximum absolute atomic E-state index is 13.3. The van der Waals surface area contributed by atoms with Gasteiger partial charge in [-0.3, -0.25) is 9.59 Å². The van der Waals surface area contributed by atoms with Crippen molar-refractivity contribution in [2.75, 3.05) is 19.8 Å². The highest BCUT2D eigenvalue weighted by atomic mass is 16.5. The number of aromatic hydroxyl groups is 1. The largest absolute Gasteiger partial charge is 0.507 e. The van der Waals surface area contributed by atoms with Crippen LogP contribution in [-0.2, 0) is 16.0 Å². The van der Waals surface area contributed by atoms with Crippen LogP contribution in [0.4, 0.5) is 0 Å². The normalized spacial score (nSPS) is 16.8. The Labute approximate surface area is 210 Å². The molecule has 1 aliphatic rings. The number of carbonyl (C=O) groups excluding carboxylic acids is 2. The summed E-state index contributed by atoms with van der Waals surface area (Å²) in [4.78, 5) is 27.9. The molecule has 0 radical (unpaired) electrons. The minimum atomic E-state index is -0.847. The van der Waals surface area contributed by atoms with Gasteiger partial charge in [0.25, 0.3) is 11.7 Å². The van der Waals surface area contributed by atoms with E-state index < -0.39 is 17.7 Å². The topological polar surface area (TPSA) is 96.3 Å². The molecule has 0 spiro atoms. The van der Waals surface area contributed by atoms with Crippen molar-refractivity contribution in [2.45, 2.75) is 26.3 Å². The maximum atomic E-state index is 13.3. The molecule has 7 heteroatoms. The number of benzene rings is 3. The third-order valence-electron chi connectivity index (χ3n) is 6.06. The van der Waals surface area contributed by atoms with Gasteiger partial charge >= 0.3 is 0 Å². The fraction of sp³-hybridized carbons (Fsp3) is 0.241. The predicted octanol–water partition coefficient (Wildman–Crippen LogP) is 4.85. The molecule has 1 atom stereocenters. The zero-order chi connectivity index (χ0) is 25.7. The number of aliphatic hydroxyl groups excluding tert-OH is 1. The van der Waals surface area contributed by atoms with E-state index in [2.05, 4.69) is 0 Å². The molecule has 1 saturated heterocycles. The Morgan fingerprint density at radius 2 is 1.61 bits per heavy atom. The smallest absolute Gasteiger partial charge is 0.295 e. The van der Waals surface area contributed by atoms with E-state index in [9.17, 15) is 19.8 Å². The first-order valence-corrected chi connectivity index (χ1v) is 12.0. The second-order valence-corrected chi connectivity index (χ2v) is 8.35. The molecule has 0 aromatic heterocycles. The van der Waals surface area contributed by atoms with Crippen LogP contribution < -0.4 is 9.47 Å². The second-order valence-electron chi connectivity index (χ2n) is 8.35. The number of rotatable bonds is 9. The molecule has 3 aromatic carbocycles. The zero-order valence-electron chi connectivity index (χ0n) is 20.3. The third kappa shape index (κ3) is 5.05. The summed E-state index contributed by atoms with van der Waals surface area (Å²) in [6, 6.07) is 20.2. The Bertz CT molecular complexity index is 1270. The van der Waals surface area contributed by atoms with E-state index in [1.165, 1.54) is 11.0 Å². The molecule has 0 aliphatic carbocycles. The van der Waals surface area contributed by atoms with Crippen molar-refractivity contribution in [1.29, 1.82) is 0 Å². The van der Waals surface area contributed by atoms with Crippen LogP contribution in [-0.4, -0.2) is 46.6 Å². The van der Waals surface area contributed by atoms with Crippen molar-refractivity contribution in [1.82, 2.24) is 4.90 Å². The summed E-state index contributed by atoms with van der Waals surface area (Å²) < 4.78 is 11.0. The van der Waals surface area contributed by atoms with Gasteiger partial charge in [0, 0.05) is 12.1 Å². The Balaban J connectivity index is 1.79. The summed E-state index contributed by atoms with van der Waals surface area (Å²) in [6.07, 6.45) is 0.532. The molecule has 2 N–H and O–H groups in total. The minimum absolute atomic E-state index is 0.00893. The number of ketones is 1. The lowest BCUT2D eigenvalue weighted by Gasteiger charge is -2.26. The monoisotopic (exact) mass is 487 g/mol. The SMILES string of the molecule is CCOc1ccc(/C(O)=C2\C(=O)C(=O)N(CCc3ccccc3)C2c2ccc(O)c(OCC)c2)cc1. The summed E-state index contributed by atoms with van der Waals surface area (Å²) in [5, 5.41) is 21.5. The fourth-order valence-corrected chi connectivity index (χ4v) is 4.35. The van der Waals surface area contributed by atoms with Crippen LogP contribution in [0.15, 0.2) is 78.4 Å². The average Bonchev–Trinajstić information content (AvgIpc) is 3.14. The number of aliphatic hydroxyl groups is 1. The molecule has 0 saturated carbocycles. The lowest BCUT2D eigenvalue weighted by atomic mass is 9.94. The zero-order valence-corrected chi connectivity index (χ0v) is 20.3. The number of hydrogen-bond donors (Lipinski definition) is 2. The van der Waals surface area contributed by atoms with Crippen LogP contribution in [0.3, 0.4) is 0 Å². The standard InChI is InChI=1S/C29H29NO6/c1-3-35-22-13-10-20(11-14-22)27(32)25-26(21-12-15-23(31)24(18-21)36-4-2)30(29(34)28(25)33)17-16-19-8-6-5-7-9-19/h5-15,18,26,31-32H,3-4,16-17H2,1-2H3/b27-25+. The third-order valence-corrected chi connectivity index (χ3v) is 6.06. The summed E-state index contributed by atoms with van der Waals surface area (Å²) in [5.41, 5.74) is 1.96. The number of phenolic OH excluding ortho intramolecular Hbond substituents is 1. The van der Waals surface area contributed by atoms with Gasteiger partial charge in [-0.05, 0) is 67.8 Å². The number of nitrogens with zero attached hydrogens (tertiary/aromatic N) is 1. The molecule has 1 aliphatic heterocycles. The summed E-state index contributed by atoms with van der Waals surface area (Å²) in [6.45, 7) is 4.77. The Hall–Kier alpha value is -4.26. The van der Waals surface area contributed by atoms with Gasteiger partial charge in [0.2, 0.25) is 0 Å². The molecule has 1 heterocycles. The summed E-state index contributed by atoms with van der Waals surface area (Å²) in [7, 11) is 0. The number of amides is 1. The van der Waals surface area contributed by atoms with Crippen molar-refractivity contribution in [3.05, 3.63) is 95.1 Å². The lowest BCUT2D eigenvalue weighted by molar-refractivity contribution is -0.139. The number of Topliss-reactive ketones (excluding diaryl/α,β-unsaturated/α-hetero) is 1. The van der Waals surface area contributed by atoms with Crippen molar-refractivity contribution < 1.29 is 29.3 Å². The van der Waals surface area contributed by atoms with Gasteiger partial charge < -0.3 is 24.6 Å². The van der Waals surface area contributed by atoms with Crippen molar-refractivity contribution in [2.24, 2.45) is 0 Å². The van der Waals surface area contributed by atoms with Crippen molar-refractivity contribution >= 4 is 17.4 Å². The number of likely N-dealkylation sites (tertiary alicyclic amines) is 1. The van der Waals surface area contributed by atoms with E-state index in [1.807, 2.05) is 37.3 Å². The van der Waals surface area contributed by atoms with Gasteiger partial charge in [0.15, 0.2) is 11.5 Å². The maximum Gasteiger partial charge on any atom is 0.295 e. The number of phenols is 1. The first-order valence-electron chi connectivity index (χ1n) is 12.0. The quantitative estimate of drug-likeness (QED) is 0.254. The molecule has 1 unspecified atom stereocenters. The van der Waals surface area contributed by atoms with E-state index >= 15 is 0 Å². The van der Waals surface area contributed by atoms with Crippen LogP contribution in [0.5, 0.6) is 17.2 Å². The number of carbonyl (C=O) groups is 2. The van der Waals surface area contributed by atoms with E-state index in [-0.39, 0.29) is 29.4 Å². The first-order chi connectivity index (χ1) is 17.4. The molecule has 1 amide bonds. The van der Waals surface area contributed by atoms with Crippen molar-refractivity contribution in [3.8, 4) is 17.2 Å². The van der Waals surface area contributed by atoms with Crippen LogP contribution in [0, 0.1) is 0 Å². The molecule has 186 valence electrons. The van der Waals surface area contributed by atoms with Gasteiger partial charge in [0.05, 0.1) is 24.8 Å². The van der Waals surface area contributed by atoms with Gasteiger partial charge in [-0.2, -0.15) is 0 Å². The average molecular weight is 488 g/mol. The van der Waals surface area contributed by atoms with Crippen LogP contribution in [0.2, 0.25) is 0 Å². The Morgan fingerprint density at radius 3 is 2.28 bits per heavy atom. The molecule has 1 fully saturated rings. The summed E-state index contributed by atoms with van der Waals surface area (Å²) >= 11 is 0. The van der Waals surface area contributed by atoms with E-state index in [0.717, 1.165) is 5.56 Å². The molecule has 7 nitrogen and oxygen atoms in total. The highest BCUT2D eigenvalue weighted by molar-refractivity contribution is 6.46. The fourth-order valence-electron chi connectivity index (χ4n) is 4.35. The first kappa shape index (κ1) is 24.9. The molecular formula is C29H29NO6. The van der Waals surface area contributed by atoms with Crippen LogP contribution in [0.1, 0.15) is 36.6 Å². The highest BCUT2D eigenvalue weighted by Crippen LogP contribution is 2.42. The van der Waals surface area contributed by atoms with Crippen molar-refractivity contribution in [3.63, 3.8) is 0 Å². The Morgan fingerprint density at radius 1 is 0.917 bits per heavy atom. The van der Waals surface area contributed by atoms with Gasteiger partial charge in [-0.1, -0.05) is 36.4 Å². The van der Waals surface area contributed by atoms with Gasteiger partial charge in [0.1, 0.15) is 11.5 Å². The van der Waals surface area contributed by atoms with Gasteiger partial charge in [-0.15, -0.1) is 0 Å². The van der Waals surface area contributed by atoms with E-state index in [0.29, 0.717) is 36.5 Å². The van der Waals surface area contributed by atoms with E-state index in [4.69, 9.17) is 9.47 Å². The van der Waals surface area contributed by atoms with Crippen LogP contribution in [0.25, 0.3) is 5.76 Å². The minimum Gasteiger partial charge on any atom is -0.507 e. The van der Waals surface area contributed by atoms with Gasteiger partial charge in [-0.25, -0.2) is 0 Å². The highest BCUT2D eigenvalue weighted by Gasteiger charge is 2.46. The molecular weight excluding hydrogens is 458 g/mol. The lowest BCUT2D eigenvalue weighted by Crippen LogP contribution is -2.31. The number of hydrogen-bond acceptors (Lipinski definition) is 6. The molecule has 36 heavy (non-hydrogen) atoms. The number of ether oxygens (including phenoxy) is 2. The molecule has 0 bridgehead atoms. The molecule has 3 aromatic rings. The summed E-state index contributed by atoms with van der Waals surface area (Å²) in [5.74, 6) is -0.888. The second kappa shape index (κ2) is 11.0.